The summed E-state index contributed by atoms with van der Waals surface area (Å²) in [5, 5.41) is 9.73. The maximum atomic E-state index is 9.73. The van der Waals surface area contributed by atoms with Gasteiger partial charge in [-0.1, -0.05) is 30.2 Å². The molecule has 0 amide bonds. The van der Waals surface area contributed by atoms with Gasteiger partial charge in [-0.3, -0.25) is 0 Å². The minimum absolute atomic E-state index is 0.224. The van der Waals surface area contributed by atoms with Crippen molar-refractivity contribution in [2.24, 2.45) is 0 Å². The molecule has 1 atom stereocenters. The molecule has 1 unspecified atom stereocenters. The smallest absolute Gasteiger partial charge is 0.118 e. The molecule has 1 aromatic rings. The molecule has 1 aromatic carbocycles. The Labute approximate surface area is 109 Å². The Morgan fingerprint density at radius 2 is 1.94 bits per heavy atom. The van der Waals surface area contributed by atoms with Gasteiger partial charge in [0.15, 0.2) is 0 Å². The predicted octanol–water partition coefficient (Wildman–Crippen LogP) is 3.49. The van der Waals surface area contributed by atoms with Crippen molar-refractivity contribution < 1.29 is 9.84 Å². The summed E-state index contributed by atoms with van der Waals surface area (Å²) in [5.41, 5.74) is 2.74. The van der Waals surface area contributed by atoms with Crippen LogP contribution in [0.25, 0.3) is 0 Å². The zero-order valence-electron chi connectivity index (χ0n) is 11.1. The van der Waals surface area contributed by atoms with Crippen molar-refractivity contribution in [2.45, 2.75) is 44.6 Å². The molecule has 0 spiro atoms. The van der Waals surface area contributed by atoms with Crippen molar-refractivity contribution >= 4 is 0 Å². The average molecular weight is 246 g/mol. The second-order valence-electron chi connectivity index (χ2n) is 4.99. The SMILES string of the molecule is COc1ccc(CCC2=CC(O)CCCC2)cc1. The van der Waals surface area contributed by atoms with E-state index >= 15 is 0 Å². The Kier molecular flexibility index (Phi) is 4.82. The molecular weight excluding hydrogens is 224 g/mol. The Hall–Kier alpha value is -1.28. The first kappa shape index (κ1) is 13.2. The number of hydrogen-bond donors (Lipinski definition) is 1. The van der Waals surface area contributed by atoms with Gasteiger partial charge in [-0.05, 0) is 49.8 Å². The number of hydrogen-bond acceptors (Lipinski definition) is 2. The molecule has 0 fully saturated rings. The van der Waals surface area contributed by atoms with E-state index in [0.29, 0.717) is 0 Å². The summed E-state index contributed by atoms with van der Waals surface area (Å²) >= 11 is 0. The minimum Gasteiger partial charge on any atom is -0.497 e. The van der Waals surface area contributed by atoms with Gasteiger partial charge in [0.1, 0.15) is 5.75 Å². The third-order valence-electron chi connectivity index (χ3n) is 3.57. The van der Waals surface area contributed by atoms with Crippen LogP contribution in [0.15, 0.2) is 35.9 Å². The van der Waals surface area contributed by atoms with Crippen LogP contribution in [0.3, 0.4) is 0 Å². The highest BCUT2D eigenvalue weighted by molar-refractivity contribution is 5.27. The lowest BCUT2D eigenvalue weighted by Gasteiger charge is -2.07. The van der Waals surface area contributed by atoms with Crippen LogP contribution in [-0.4, -0.2) is 18.3 Å². The highest BCUT2D eigenvalue weighted by atomic mass is 16.5. The number of ether oxygens (including phenoxy) is 1. The van der Waals surface area contributed by atoms with Gasteiger partial charge >= 0.3 is 0 Å². The lowest BCUT2D eigenvalue weighted by Crippen LogP contribution is -2.00. The van der Waals surface area contributed by atoms with Crippen LogP contribution in [0.2, 0.25) is 0 Å². The fourth-order valence-corrected chi connectivity index (χ4v) is 2.45. The van der Waals surface area contributed by atoms with Gasteiger partial charge in [0.2, 0.25) is 0 Å². The predicted molar refractivity (Wildman–Crippen MR) is 73.9 cm³/mol. The average Bonchev–Trinajstić information content (AvgIpc) is 2.61. The highest BCUT2D eigenvalue weighted by Crippen LogP contribution is 2.22. The van der Waals surface area contributed by atoms with Gasteiger partial charge in [-0.25, -0.2) is 0 Å². The van der Waals surface area contributed by atoms with Crippen molar-refractivity contribution in [2.75, 3.05) is 7.11 Å². The van der Waals surface area contributed by atoms with Gasteiger partial charge in [0.25, 0.3) is 0 Å². The monoisotopic (exact) mass is 246 g/mol. The Bertz CT molecular complexity index is 392. The van der Waals surface area contributed by atoms with E-state index in [1.54, 1.807) is 7.11 Å². The van der Waals surface area contributed by atoms with E-state index in [2.05, 4.69) is 18.2 Å². The fourth-order valence-electron chi connectivity index (χ4n) is 2.45. The second-order valence-corrected chi connectivity index (χ2v) is 4.99. The van der Waals surface area contributed by atoms with Gasteiger partial charge in [0, 0.05) is 0 Å². The highest BCUT2D eigenvalue weighted by Gasteiger charge is 2.09. The molecule has 0 aliphatic heterocycles. The zero-order chi connectivity index (χ0) is 12.8. The number of aryl methyl sites for hydroxylation is 1. The lowest BCUT2D eigenvalue weighted by molar-refractivity contribution is 0.211. The zero-order valence-corrected chi connectivity index (χ0v) is 11.1. The first-order valence-electron chi connectivity index (χ1n) is 6.78. The summed E-state index contributed by atoms with van der Waals surface area (Å²) in [6.45, 7) is 0. The van der Waals surface area contributed by atoms with Gasteiger partial charge in [-0.2, -0.15) is 0 Å². The molecule has 2 heteroatoms. The van der Waals surface area contributed by atoms with E-state index in [0.717, 1.165) is 37.9 Å². The van der Waals surface area contributed by atoms with Crippen molar-refractivity contribution in [3.8, 4) is 5.75 Å². The Morgan fingerprint density at radius 3 is 2.67 bits per heavy atom. The molecule has 98 valence electrons. The van der Waals surface area contributed by atoms with Crippen molar-refractivity contribution in [3.63, 3.8) is 0 Å². The standard InChI is InChI=1S/C16H22O2/c1-18-16-10-8-13(9-11-16)6-7-14-4-2-3-5-15(17)12-14/h8-12,15,17H,2-7H2,1H3. The largest absolute Gasteiger partial charge is 0.497 e. The van der Waals surface area contributed by atoms with Crippen LogP contribution in [-0.2, 0) is 6.42 Å². The number of methoxy groups -OCH3 is 1. The van der Waals surface area contributed by atoms with E-state index in [4.69, 9.17) is 4.74 Å². The molecule has 2 nitrogen and oxygen atoms in total. The maximum absolute atomic E-state index is 9.73. The second kappa shape index (κ2) is 6.60. The quantitative estimate of drug-likeness (QED) is 0.824. The summed E-state index contributed by atoms with van der Waals surface area (Å²) in [6, 6.07) is 8.25. The number of aliphatic hydroxyl groups is 1. The van der Waals surface area contributed by atoms with E-state index in [1.165, 1.54) is 17.6 Å². The summed E-state index contributed by atoms with van der Waals surface area (Å²) in [5.74, 6) is 0.905. The van der Waals surface area contributed by atoms with Crippen LogP contribution >= 0.6 is 0 Å². The summed E-state index contributed by atoms with van der Waals surface area (Å²) < 4.78 is 5.15. The minimum atomic E-state index is -0.224. The van der Waals surface area contributed by atoms with Crippen LogP contribution in [0.1, 0.15) is 37.7 Å². The molecule has 1 N–H and O–H groups in total. The molecule has 0 saturated carbocycles. The normalized spacial score (nSPS) is 20.1. The molecule has 0 saturated heterocycles. The fraction of sp³-hybridized carbons (Fsp3) is 0.500. The molecule has 18 heavy (non-hydrogen) atoms. The molecule has 0 aromatic heterocycles. The topological polar surface area (TPSA) is 29.5 Å². The van der Waals surface area contributed by atoms with E-state index in [1.807, 2.05) is 12.1 Å². The van der Waals surface area contributed by atoms with Crippen LogP contribution < -0.4 is 4.74 Å². The number of allylic oxidation sites excluding steroid dienone is 1. The maximum Gasteiger partial charge on any atom is 0.118 e. The van der Waals surface area contributed by atoms with E-state index in [9.17, 15) is 5.11 Å². The summed E-state index contributed by atoms with van der Waals surface area (Å²) in [7, 11) is 1.69. The molecule has 0 heterocycles. The van der Waals surface area contributed by atoms with Gasteiger partial charge in [0.05, 0.1) is 13.2 Å². The van der Waals surface area contributed by atoms with Crippen LogP contribution in [0.5, 0.6) is 5.75 Å². The van der Waals surface area contributed by atoms with Crippen LogP contribution in [0, 0.1) is 0 Å². The molecule has 0 radical (unpaired) electrons. The number of benzene rings is 1. The van der Waals surface area contributed by atoms with Gasteiger partial charge in [-0.15, -0.1) is 0 Å². The number of rotatable bonds is 4. The van der Waals surface area contributed by atoms with Crippen molar-refractivity contribution in [1.82, 2.24) is 0 Å². The first-order chi connectivity index (χ1) is 8.78. The third kappa shape index (κ3) is 3.88. The summed E-state index contributed by atoms with van der Waals surface area (Å²) in [6.07, 6.45) is 8.37. The molecule has 2 rings (SSSR count). The van der Waals surface area contributed by atoms with E-state index in [-0.39, 0.29) is 6.10 Å². The summed E-state index contributed by atoms with van der Waals surface area (Å²) in [4.78, 5) is 0. The lowest BCUT2D eigenvalue weighted by atomic mass is 10.0. The molecule has 1 aliphatic carbocycles. The van der Waals surface area contributed by atoms with E-state index < -0.39 is 0 Å². The third-order valence-corrected chi connectivity index (χ3v) is 3.57. The molecular formula is C16H22O2. The van der Waals surface area contributed by atoms with Crippen LogP contribution in [0.4, 0.5) is 0 Å². The first-order valence-corrected chi connectivity index (χ1v) is 6.78. The van der Waals surface area contributed by atoms with Crippen molar-refractivity contribution in [3.05, 3.63) is 41.5 Å². The Balaban J connectivity index is 1.89. The van der Waals surface area contributed by atoms with Crippen molar-refractivity contribution in [1.29, 1.82) is 0 Å². The Morgan fingerprint density at radius 1 is 1.17 bits per heavy atom. The number of aliphatic hydroxyl groups excluding tert-OH is 1. The molecule has 0 bridgehead atoms. The molecule has 1 aliphatic rings. The van der Waals surface area contributed by atoms with Gasteiger partial charge < -0.3 is 9.84 Å².